The topological polar surface area (TPSA) is 36.9 Å². The van der Waals surface area contributed by atoms with E-state index in [1.54, 1.807) is 12.3 Å². The predicted molar refractivity (Wildman–Crippen MR) is 278 cm³/mol. The normalized spacial score (nSPS) is 18.2. The summed E-state index contributed by atoms with van der Waals surface area (Å²) in [6.07, 6.45) is 3.80. The Labute approximate surface area is 433 Å². The van der Waals surface area contributed by atoms with E-state index >= 15 is 0 Å². The molecule has 6 heteroatoms. The van der Waals surface area contributed by atoms with E-state index in [4.69, 9.17) is 24.8 Å². The van der Waals surface area contributed by atoms with Gasteiger partial charge in [0.2, 0.25) is 0 Å². The monoisotopic (exact) mass is 1090 g/mol. The summed E-state index contributed by atoms with van der Waals surface area (Å²) in [4.78, 5) is 4.87. The minimum absolute atomic E-state index is 0.0167. The van der Waals surface area contributed by atoms with E-state index in [1.807, 2.05) is 102 Å². The number of nitrogens with zero attached hydrogens (tertiary/aromatic N) is 4. The molecule has 2 aliphatic carbocycles. The number of ether oxygens (including phenoxy) is 1. The van der Waals surface area contributed by atoms with Crippen LogP contribution in [0.2, 0.25) is 0 Å². The number of aromatic nitrogens is 4. The Morgan fingerprint density at radius 3 is 2.10 bits per heavy atom. The fourth-order valence-electron chi connectivity index (χ4n) is 10.8. The molecule has 0 amide bonds. The molecular weight excluding hydrogens is 1020 g/mol. The molecule has 13 rings (SSSR count). The Bertz CT molecular complexity index is 4690. The molecule has 8 aromatic carbocycles. The van der Waals surface area contributed by atoms with Crippen LogP contribution in [-0.2, 0) is 43.0 Å². The Hall–Kier alpha value is -7.33. The fraction of sp³-hybridized carbons (Fsp3) is 0.143. The number of hydrogen-bond donors (Lipinski definition) is 0. The molecule has 0 radical (unpaired) electrons. The van der Waals surface area contributed by atoms with Crippen LogP contribution in [0.4, 0.5) is 0 Å². The Balaban J connectivity index is 0.991. The maximum atomic E-state index is 9.41. The number of pyridine rings is 1. The zero-order valence-electron chi connectivity index (χ0n) is 51.8. The van der Waals surface area contributed by atoms with Crippen molar-refractivity contribution in [1.82, 2.24) is 18.7 Å². The van der Waals surface area contributed by atoms with Crippen LogP contribution in [0.3, 0.4) is 0 Å². The van der Waals surface area contributed by atoms with Crippen molar-refractivity contribution in [3.63, 3.8) is 0 Å². The van der Waals surface area contributed by atoms with Crippen LogP contribution in [0.5, 0.6) is 11.5 Å². The van der Waals surface area contributed by atoms with Crippen LogP contribution in [0.1, 0.15) is 80.6 Å². The fourth-order valence-corrected chi connectivity index (χ4v) is 11.9. The molecule has 0 fully saturated rings. The average Bonchev–Trinajstić information content (AvgIpc) is 4.43. The van der Waals surface area contributed by atoms with Crippen LogP contribution in [0.15, 0.2) is 200 Å². The molecule has 1 unspecified atom stereocenters. The summed E-state index contributed by atoms with van der Waals surface area (Å²) < 4.78 is 137. The first-order valence-electron chi connectivity index (χ1n) is 30.0. The number of rotatable bonds is 7. The van der Waals surface area contributed by atoms with E-state index in [9.17, 15) is 4.11 Å². The molecule has 11 aromatic rings. The second-order valence-corrected chi connectivity index (χ2v) is 19.8. The summed E-state index contributed by atoms with van der Waals surface area (Å²) >= 11 is 2.28. The molecule has 1 atom stereocenters. The van der Waals surface area contributed by atoms with Crippen LogP contribution in [0, 0.1) is 3.80 Å². The van der Waals surface area contributed by atoms with Gasteiger partial charge in [0.1, 0.15) is 0 Å². The second-order valence-electron chi connectivity index (χ2n) is 18.8. The van der Waals surface area contributed by atoms with Gasteiger partial charge in [0.25, 0.3) is 0 Å². The van der Waals surface area contributed by atoms with Gasteiger partial charge in [-0.15, -0.1) is 0 Å². The van der Waals surface area contributed by atoms with Gasteiger partial charge in [0.05, 0.1) is 6.85 Å². The number of hydrogen-bond acceptors (Lipinski definition) is 2. The van der Waals surface area contributed by atoms with E-state index < -0.39 is 41.7 Å². The molecular formula is C63H50N4OPt. The molecule has 1 spiro atoms. The standard InChI is InChI=1S/C63H50N4O.Pt/c1-62(2,3)47-33-36-64-59(38-47)67-55-30-26-46(42-15-6-4-7-16-42)37-53(55)52-29-27-50(40-58(52)67)68-49-21-14-20-48(39-49)65-41-66(57-24-13-12-23-56(57)65)61-51(43-17-8-5-9-18-43)28-25-45-32-35-63(60(45)61)34-31-44-19-10-11-22-54(44)63;/h4-30,33,36-40H,31-32,34-35H2,1-3H3;/i4D,5D,6D,7D,8D,9D,10D,11D,15D,16D,17D,18D,19D,22D;. The second kappa shape index (κ2) is 16.1. The molecule has 5 nitrogen and oxygen atoms in total. The predicted octanol–water partition coefficient (Wildman–Crippen LogP) is 15.6. The SMILES string of the molecule is [2H]c1c([2H])c([2H])c(-c2ccc3c(c2)c2ccc(Oc4cccc(-n5[c](=[Pt])n(-c6c(-c7c([2H])c([2H])c([2H])c([2H])c7[2H])ccc7c6C6(CC7)CCc7c([2H])c([2H])c([2H])c([2H])c76)c6ccccc65)c4)cc2n3-c2cc(C(C)(C)C)ccn2)c([2H])c1[2H]. The van der Waals surface area contributed by atoms with Gasteiger partial charge in [-0.3, -0.25) is 0 Å². The Kier molecular flexibility index (Phi) is 6.91. The van der Waals surface area contributed by atoms with Crippen molar-refractivity contribution in [2.75, 3.05) is 0 Å². The summed E-state index contributed by atoms with van der Waals surface area (Å²) in [6, 6.07) is 29.7. The number of para-hydroxylation sites is 2. The molecule has 338 valence electrons. The van der Waals surface area contributed by atoms with Crippen molar-refractivity contribution < 1.29 is 43.3 Å². The molecule has 2 aliphatic rings. The summed E-state index contributed by atoms with van der Waals surface area (Å²) in [6.45, 7) is 6.40. The first-order chi connectivity index (χ1) is 39.5. The van der Waals surface area contributed by atoms with Crippen molar-refractivity contribution in [3.8, 4) is 50.9 Å². The summed E-state index contributed by atoms with van der Waals surface area (Å²) in [5.74, 6) is 1.65. The van der Waals surface area contributed by atoms with E-state index in [1.165, 1.54) is 0 Å². The maximum absolute atomic E-state index is 9.41. The molecule has 0 N–H and O–H groups in total. The van der Waals surface area contributed by atoms with Gasteiger partial charge in [0, 0.05) is 6.20 Å². The third kappa shape index (κ3) is 6.77. The first kappa shape index (κ1) is 29.5. The first-order valence-corrected chi connectivity index (χ1v) is 24.1. The van der Waals surface area contributed by atoms with Crippen LogP contribution in [-0.4, -0.2) is 18.7 Å². The van der Waals surface area contributed by atoms with Gasteiger partial charge in [-0.25, -0.2) is 0 Å². The number of imidazole rings is 1. The van der Waals surface area contributed by atoms with Gasteiger partial charge in [-0.2, -0.15) is 0 Å². The Morgan fingerprint density at radius 1 is 0.580 bits per heavy atom. The van der Waals surface area contributed by atoms with Crippen molar-refractivity contribution in [2.24, 2.45) is 0 Å². The van der Waals surface area contributed by atoms with Crippen molar-refractivity contribution in [3.05, 3.63) is 232 Å². The smallest absolute Gasteiger partial charge is 0.0617 e. The van der Waals surface area contributed by atoms with E-state index in [0.717, 1.165) is 49.5 Å². The van der Waals surface area contributed by atoms with Crippen molar-refractivity contribution >= 4 is 32.8 Å². The zero-order chi connectivity index (χ0) is 58.6. The summed E-state index contributed by atoms with van der Waals surface area (Å²) in [5, 5.41) is 1.59. The molecule has 3 aromatic heterocycles. The van der Waals surface area contributed by atoms with Gasteiger partial charge < -0.3 is 0 Å². The molecule has 0 saturated carbocycles. The summed E-state index contributed by atoms with van der Waals surface area (Å²) in [7, 11) is 0. The number of benzene rings is 8. The van der Waals surface area contributed by atoms with Gasteiger partial charge in [-0.05, 0) is 28.2 Å². The van der Waals surface area contributed by atoms with Crippen molar-refractivity contribution in [1.29, 1.82) is 0 Å². The Morgan fingerprint density at radius 2 is 1.30 bits per heavy atom. The van der Waals surface area contributed by atoms with Gasteiger partial charge in [0.15, 0.2) is 0 Å². The molecule has 69 heavy (non-hydrogen) atoms. The third-order valence-corrected chi connectivity index (χ3v) is 15.0. The minimum atomic E-state index is -0.905. The van der Waals surface area contributed by atoms with E-state index in [2.05, 4.69) is 55.3 Å². The molecule has 0 bridgehead atoms. The van der Waals surface area contributed by atoms with Crippen LogP contribution < -0.4 is 4.74 Å². The van der Waals surface area contributed by atoms with Gasteiger partial charge in [-0.1, -0.05) is 57.0 Å². The third-order valence-electron chi connectivity index (χ3n) is 14.0. The summed E-state index contributed by atoms with van der Waals surface area (Å²) in [5.41, 5.74) is 8.10. The average molecular weight is 1090 g/mol. The molecule has 0 aliphatic heterocycles. The van der Waals surface area contributed by atoms with E-state index in [0.29, 0.717) is 80.4 Å². The van der Waals surface area contributed by atoms with Crippen molar-refractivity contribution in [2.45, 2.75) is 57.3 Å². The van der Waals surface area contributed by atoms with Gasteiger partial charge >= 0.3 is 336 Å². The van der Waals surface area contributed by atoms with E-state index in [-0.39, 0.29) is 64.9 Å². The molecule has 3 heterocycles. The number of aryl methyl sites for hydroxylation is 1. The zero-order valence-corrected chi connectivity index (χ0v) is 40.1. The minimum Gasteiger partial charge on any atom is -0.0617 e. The molecule has 0 saturated heterocycles. The van der Waals surface area contributed by atoms with Crippen LogP contribution in [0.25, 0.3) is 72.3 Å². The quantitative estimate of drug-likeness (QED) is 0.159. The number of fused-ring (bicyclic) bond motifs is 8. The van der Waals surface area contributed by atoms with Crippen LogP contribution >= 0.6 is 0 Å².